The SMILES string of the molecule is O=C(O)CCCN1CCN(S(=O)(=O)c2cccc(Cl)c2Cl)CC1. The van der Waals surface area contributed by atoms with Gasteiger partial charge in [-0.05, 0) is 25.1 Å². The van der Waals surface area contributed by atoms with Gasteiger partial charge in [-0.1, -0.05) is 29.3 Å². The zero-order valence-electron chi connectivity index (χ0n) is 12.4. The van der Waals surface area contributed by atoms with Gasteiger partial charge in [-0.3, -0.25) is 4.79 Å². The summed E-state index contributed by atoms with van der Waals surface area (Å²) in [5, 5.41) is 8.89. The van der Waals surface area contributed by atoms with Gasteiger partial charge >= 0.3 is 5.97 Å². The van der Waals surface area contributed by atoms with Crippen molar-refractivity contribution in [2.24, 2.45) is 0 Å². The van der Waals surface area contributed by atoms with Crippen LogP contribution in [0.15, 0.2) is 23.1 Å². The summed E-state index contributed by atoms with van der Waals surface area (Å²) in [7, 11) is -3.68. The van der Waals surface area contributed by atoms with E-state index in [4.69, 9.17) is 28.3 Å². The van der Waals surface area contributed by atoms with Gasteiger partial charge in [0, 0.05) is 32.6 Å². The summed E-state index contributed by atoms with van der Waals surface area (Å²) in [6.45, 7) is 2.47. The van der Waals surface area contributed by atoms with E-state index in [9.17, 15) is 13.2 Å². The van der Waals surface area contributed by atoms with E-state index in [-0.39, 0.29) is 21.4 Å². The van der Waals surface area contributed by atoms with Crippen LogP contribution in [0.4, 0.5) is 0 Å². The molecule has 0 atom stereocenters. The second-order valence-electron chi connectivity index (χ2n) is 5.29. The fourth-order valence-electron chi connectivity index (χ4n) is 2.47. The molecule has 1 aromatic rings. The molecule has 1 fully saturated rings. The maximum atomic E-state index is 12.7. The van der Waals surface area contributed by atoms with Gasteiger partial charge in [-0.15, -0.1) is 0 Å². The van der Waals surface area contributed by atoms with Crippen LogP contribution >= 0.6 is 23.2 Å². The highest BCUT2D eigenvalue weighted by atomic mass is 35.5. The number of carboxylic acids is 1. The highest BCUT2D eigenvalue weighted by Gasteiger charge is 2.30. The summed E-state index contributed by atoms with van der Waals surface area (Å²) in [6, 6.07) is 4.55. The molecule has 0 aromatic heterocycles. The molecule has 128 valence electrons. The first-order valence-corrected chi connectivity index (χ1v) is 9.40. The Balaban J connectivity index is 1.99. The number of carboxylic acid groups (broad SMARTS) is 1. The molecule has 0 radical (unpaired) electrons. The van der Waals surface area contributed by atoms with Crippen molar-refractivity contribution in [3.8, 4) is 0 Å². The third kappa shape index (κ3) is 4.58. The molecule has 23 heavy (non-hydrogen) atoms. The Kier molecular flexibility index (Phi) is 6.27. The fraction of sp³-hybridized carbons (Fsp3) is 0.500. The molecule has 1 aliphatic heterocycles. The number of hydrogen-bond acceptors (Lipinski definition) is 4. The first-order chi connectivity index (χ1) is 10.8. The molecule has 1 saturated heterocycles. The van der Waals surface area contributed by atoms with E-state index in [2.05, 4.69) is 4.90 Å². The first-order valence-electron chi connectivity index (χ1n) is 7.20. The normalized spacial score (nSPS) is 17.3. The van der Waals surface area contributed by atoms with Gasteiger partial charge < -0.3 is 10.0 Å². The van der Waals surface area contributed by atoms with Crippen molar-refractivity contribution in [2.45, 2.75) is 17.7 Å². The number of rotatable bonds is 6. The summed E-state index contributed by atoms with van der Waals surface area (Å²) in [6.07, 6.45) is 0.679. The molecular weight excluding hydrogens is 363 g/mol. The predicted octanol–water partition coefficient (Wildman–Crippen LogP) is 2.16. The Hall–Kier alpha value is -0.860. The third-order valence-corrected chi connectivity index (χ3v) is 6.60. The number of piperazine rings is 1. The van der Waals surface area contributed by atoms with Crippen molar-refractivity contribution in [2.75, 3.05) is 32.7 Å². The minimum absolute atomic E-state index is 0.0194. The summed E-state index contributed by atoms with van der Waals surface area (Å²) < 4.78 is 26.7. The molecule has 1 N–H and O–H groups in total. The van der Waals surface area contributed by atoms with Crippen LogP contribution in [0.5, 0.6) is 0 Å². The fourth-order valence-corrected chi connectivity index (χ4v) is 4.63. The van der Waals surface area contributed by atoms with Crippen LogP contribution in [0.2, 0.25) is 10.0 Å². The number of benzene rings is 1. The predicted molar refractivity (Wildman–Crippen MR) is 88.5 cm³/mol. The van der Waals surface area contributed by atoms with Crippen LogP contribution in [-0.4, -0.2) is 61.4 Å². The van der Waals surface area contributed by atoms with E-state index in [1.165, 1.54) is 10.4 Å². The Labute approximate surface area is 145 Å². The Morgan fingerprint density at radius 2 is 1.83 bits per heavy atom. The van der Waals surface area contributed by atoms with Gasteiger partial charge in [0.05, 0.1) is 10.0 Å². The molecule has 1 aromatic carbocycles. The third-order valence-electron chi connectivity index (χ3n) is 3.73. The minimum atomic E-state index is -3.68. The smallest absolute Gasteiger partial charge is 0.303 e. The van der Waals surface area contributed by atoms with E-state index < -0.39 is 16.0 Å². The molecule has 0 bridgehead atoms. The van der Waals surface area contributed by atoms with E-state index in [1.807, 2.05) is 0 Å². The van der Waals surface area contributed by atoms with Crippen LogP contribution in [0, 0.1) is 0 Å². The summed E-state index contributed by atoms with van der Waals surface area (Å²) >= 11 is 11.9. The maximum Gasteiger partial charge on any atom is 0.303 e. The summed E-state index contributed by atoms with van der Waals surface area (Å²) in [5.74, 6) is -0.818. The van der Waals surface area contributed by atoms with E-state index in [0.717, 1.165) is 0 Å². The van der Waals surface area contributed by atoms with Gasteiger partial charge in [0.2, 0.25) is 10.0 Å². The zero-order valence-corrected chi connectivity index (χ0v) is 14.7. The molecular formula is C14H18Cl2N2O4S. The number of sulfonamides is 1. The lowest BCUT2D eigenvalue weighted by atomic mass is 10.2. The first kappa shape index (κ1) is 18.5. The molecule has 0 unspecified atom stereocenters. The maximum absolute atomic E-state index is 12.7. The minimum Gasteiger partial charge on any atom is -0.481 e. The van der Waals surface area contributed by atoms with Crippen molar-refractivity contribution in [1.82, 2.24) is 9.21 Å². The zero-order chi connectivity index (χ0) is 17.0. The van der Waals surface area contributed by atoms with Crippen molar-refractivity contribution >= 4 is 39.2 Å². The van der Waals surface area contributed by atoms with Crippen LogP contribution in [0.3, 0.4) is 0 Å². The number of carbonyl (C=O) groups is 1. The Morgan fingerprint density at radius 3 is 2.43 bits per heavy atom. The van der Waals surface area contributed by atoms with Crippen LogP contribution in [0.25, 0.3) is 0 Å². The largest absolute Gasteiger partial charge is 0.481 e. The molecule has 2 rings (SSSR count). The lowest BCUT2D eigenvalue weighted by molar-refractivity contribution is -0.137. The van der Waals surface area contributed by atoms with Crippen LogP contribution in [-0.2, 0) is 14.8 Å². The monoisotopic (exact) mass is 380 g/mol. The van der Waals surface area contributed by atoms with Crippen molar-refractivity contribution in [3.63, 3.8) is 0 Å². The van der Waals surface area contributed by atoms with Gasteiger partial charge in [-0.25, -0.2) is 8.42 Å². The topological polar surface area (TPSA) is 77.9 Å². The van der Waals surface area contributed by atoms with Crippen molar-refractivity contribution in [1.29, 1.82) is 0 Å². The molecule has 0 saturated carbocycles. The molecule has 1 aliphatic rings. The Bertz CT molecular complexity index is 673. The number of nitrogens with zero attached hydrogens (tertiary/aromatic N) is 2. The van der Waals surface area contributed by atoms with E-state index >= 15 is 0 Å². The van der Waals surface area contributed by atoms with Crippen molar-refractivity contribution < 1.29 is 18.3 Å². The molecule has 6 nitrogen and oxygen atoms in total. The molecule has 0 spiro atoms. The van der Waals surface area contributed by atoms with E-state index in [0.29, 0.717) is 39.1 Å². The van der Waals surface area contributed by atoms with Gasteiger partial charge in [0.1, 0.15) is 4.90 Å². The average Bonchev–Trinajstić information content (AvgIpc) is 2.50. The van der Waals surface area contributed by atoms with Gasteiger partial charge in [0.25, 0.3) is 0 Å². The summed E-state index contributed by atoms with van der Waals surface area (Å²) in [4.78, 5) is 12.6. The van der Waals surface area contributed by atoms with E-state index in [1.54, 1.807) is 12.1 Å². The van der Waals surface area contributed by atoms with Crippen LogP contribution in [0.1, 0.15) is 12.8 Å². The summed E-state index contributed by atoms with van der Waals surface area (Å²) in [5.41, 5.74) is 0. The lowest BCUT2D eigenvalue weighted by Gasteiger charge is -2.34. The lowest BCUT2D eigenvalue weighted by Crippen LogP contribution is -2.48. The molecule has 0 aliphatic carbocycles. The highest BCUT2D eigenvalue weighted by Crippen LogP contribution is 2.31. The van der Waals surface area contributed by atoms with Crippen molar-refractivity contribution in [3.05, 3.63) is 28.2 Å². The number of halogens is 2. The number of hydrogen-bond donors (Lipinski definition) is 1. The second kappa shape index (κ2) is 7.81. The standard InChI is InChI=1S/C14H18Cl2N2O4S/c15-11-3-1-4-12(14(11)16)23(21,22)18-9-7-17(8-10-18)6-2-5-13(19)20/h1,3-4H,2,5-10H2,(H,19,20). The molecule has 9 heteroatoms. The second-order valence-corrected chi connectivity index (χ2v) is 7.99. The highest BCUT2D eigenvalue weighted by molar-refractivity contribution is 7.89. The van der Waals surface area contributed by atoms with Crippen LogP contribution < -0.4 is 0 Å². The van der Waals surface area contributed by atoms with Gasteiger partial charge in [-0.2, -0.15) is 4.31 Å². The Morgan fingerprint density at radius 1 is 1.17 bits per heavy atom. The average molecular weight is 381 g/mol. The van der Waals surface area contributed by atoms with Gasteiger partial charge in [0.15, 0.2) is 0 Å². The molecule has 0 amide bonds. The molecule has 1 heterocycles. The quantitative estimate of drug-likeness (QED) is 0.817. The number of aliphatic carboxylic acids is 1.